The van der Waals surface area contributed by atoms with Crippen LogP contribution >= 0.6 is 11.3 Å². The molecule has 0 saturated heterocycles. The van der Waals surface area contributed by atoms with Gasteiger partial charge in [0.1, 0.15) is 6.10 Å². The zero-order valence-electron chi connectivity index (χ0n) is 12.8. The van der Waals surface area contributed by atoms with E-state index >= 15 is 0 Å². The largest absolute Gasteiger partial charge is 0.474 e. The molecule has 2 N–H and O–H groups in total. The molecule has 1 fully saturated rings. The molecule has 2 aromatic rings. The Morgan fingerprint density at radius 1 is 1.30 bits per heavy atom. The molecule has 0 amide bonds. The van der Waals surface area contributed by atoms with E-state index in [4.69, 9.17) is 4.74 Å². The zero-order valence-corrected chi connectivity index (χ0v) is 13.6. The lowest BCUT2D eigenvalue weighted by Gasteiger charge is -2.26. The fraction of sp³-hybridized carbons (Fsp3) is 0.438. The predicted octanol–water partition coefficient (Wildman–Crippen LogP) is 2.90. The van der Waals surface area contributed by atoms with E-state index in [2.05, 4.69) is 25.6 Å². The first-order valence-corrected chi connectivity index (χ1v) is 8.89. The van der Waals surface area contributed by atoms with Crippen molar-refractivity contribution in [3.63, 3.8) is 0 Å². The van der Waals surface area contributed by atoms with Crippen LogP contribution in [0.3, 0.4) is 0 Å². The fourth-order valence-electron chi connectivity index (χ4n) is 2.50. The monoisotopic (exact) mass is 329 g/mol. The molecule has 1 saturated carbocycles. The lowest BCUT2D eigenvalue weighted by molar-refractivity contribution is 0.115. The Balaban J connectivity index is 1.53. The molecule has 120 valence electrons. The van der Waals surface area contributed by atoms with Gasteiger partial charge >= 0.3 is 0 Å². The van der Waals surface area contributed by atoms with Gasteiger partial charge in [-0.05, 0) is 37.8 Å². The number of guanidine groups is 1. The highest BCUT2D eigenvalue weighted by Crippen LogP contribution is 2.33. The van der Waals surface area contributed by atoms with Crippen LogP contribution in [0.15, 0.2) is 28.7 Å². The van der Waals surface area contributed by atoms with Gasteiger partial charge in [0.2, 0.25) is 5.88 Å². The Bertz CT molecular complexity index is 710. The van der Waals surface area contributed by atoms with E-state index in [1.807, 2.05) is 17.5 Å². The minimum absolute atomic E-state index is 0.306. The maximum atomic E-state index is 5.99. The number of pyridine rings is 1. The summed E-state index contributed by atoms with van der Waals surface area (Å²) in [5, 5.41) is 9.33. The van der Waals surface area contributed by atoms with Crippen LogP contribution in [-0.2, 0) is 0 Å². The zero-order chi connectivity index (χ0) is 15.5. The van der Waals surface area contributed by atoms with Gasteiger partial charge in [-0.3, -0.25) is 4.99 Å². The second kappa shape index (κ2) is 6.54. The van der Waals surface area contributed by atoms with E-state index in [0.29, 0.717) is 12.0 Å². The molecule has 23 heavy (non-hydrogen) atoms. The maximum absolute atomic E-state index is 5.99. The normalized spacial score (nSPS) is 17.8. The van der Waals surface area contributed by atoms with Gasteiger partial charge in [0.25, 0.3) is 0 Å². The summed E-state index contributed by atoms with van der Waals surface area (Å²) >= 11 is 1.56. The predicted molar refractivity (Wildman–Crippen MR) is 92.2 cm³/mol. The number of rotatable bonds is 4. The molecular formula is C16H19N5OS. The Morgan fingerprint density at radius 2 is 2.26 bits per heavy atom. The standard InChI is InChI=1S/C16H19N5OS/c1-4-11(5-1)22-14-12(6-2-7-17-14)13-10-23-16(20-13)21-15-18-8-3-9-19-15/h2,6-7,10-11H,1,3-5,8-9H2,(H2,18,19,20,21). The third-order valence-corrected chi connectivity index (χ3v) is 4.76. The average Bonchev–Trinajstić information content (AvgIpc) is 3.01. The first-order chi connectivity index (χ1) is 11.4. The number of nitrogens with zero attached hydrogens (tertiary/aromatic N) is 3. The Hall–Kier alpha value is -2.15. The smallest absolute Gasteiger partial charge is 0.223 e. The highest BCUT2D eigenvalue weighted by Gasteiger charge is 2.22. The Kier molecular flexibility index (Phi) is 4.10. The molecule has 6 nitrogen and oxygen atoms in total. The molecular weight excluding hydrogens is 310 g/mol. The summed E-state index contributed by atoms with van der Waals surface area (Å²) < 4.78 is 5.99. The number of nitrogens with one attached hydrogen (secondary N) is 2. The van der Waals surface area contributed by atoms with Gasteiger partial charge in [-0.25, -0.2) is 9.97 Å². The van der Waals surface area contributed by atoms with Crippen LogP contribution in [-0.4, -0.2) is 35.1 Å². The molecule has 1 aliphatic heterocycles. The SMILES string of the molecule is c1cnc(OC2CCC2)c(-c2csc(NC3=NCCCN3)n2)c1. The molecule has 2 aromatic heterocycles. The number of hydrogen-bond donors (Lipinski definition) is 2. The van der Waals surface area contributed by atoms with Crippen molar-refractivity contribution in [3.8, 4) is 17.1 Å². The van der Waals surface area contributed by atoms with Crippen LogP contribution in [0, 0.1) is 0 Å². The Morgan fingerprint density at radius 3 is 3.04 bits per heavy atom. The van der Waals surface area contributed by atoms with Crippen LogP contribution < -0.4 is 15.4 Å². The van der Waals surface area contributed by atoms with E-state index < -0.39 is 0 Å². The van der Waals surface area contributed by atoms with Crippen molar-refractivity contribution < 1.29 is 4.74 Å². The molecule has 0 unspecified atom stereocenters. The van der Waals surface area contributed by atoms with Crippen LogP contribution in [0.1, 0.15) is 25.7 Å². The van der Waals surface area contributed by atoms with E-state index in [9.17, 15) is 0 Å². The fourth-order valence-corrected chi connectivity index (χ4v) is 3.21. The summed E-state index contributed by atoms with van der Waals surface area (Å²) in [6, 6.07) is 3.93. The van der Waals surface area contributed by atoms with Crippen molar-refractivity contribution in [2.24, 2.45) is 4.99 Å². The highest BCUT2D eigenvalue weighted by atomic mass is 32.1. The van der Waals surface area contributed by atoms with Crippen LogP contribution in [0.4, 0.5) is 5.13 Å². The lowest BCUT2D eigenvalue weighted by Crippen LogP contribution is -2.35. The molecule has 4 rings (SSSR count). The van der Waals surface area contributed by atoms with Gasteiger partial charge in [-0.2, -0.15) is 0 Å². The third kappa shape index (κ3) is 3.29. The third-order valence-electron chi connectivity index (χ3n) is 4.00. The van der Waals surface area contributed by atoms with Crippen molar-refractivity contribution in [2.75, 3.05) is 18.4 Å². The van der Waals surface area contributed by atoms with Gasteiger partial charge < -0.3 is 15.4 Å². The summed E-state index contributed by atoms with van der Waals surface area (Å²) in [6.07, 6.45) is 6.62. The summed E-state index contributed by atoms with van der Waals surface area (Å²) in [5.74, 6) is 1.48. The quantitative estimate of drug-likeness (QED) is 0.902. The number of aliphatic imine (C=N–C) groups is 1. The van der Waals surface area contributed by atoms with Gasteiger partial charge in [-0.1, -0.05) is 0 Å². The Labute approximate surface area is 139 Å². The van der Waals surface area contributed by atoms with E-state index in [1.54, 1.807) is 17.5 Å². The summed E-state index contributed by atoms with van der Waals surface area (Å²) in [7, 11) is 0. The van der Waals surface area contributed by atoms with Crippen LogP contribution in [0.5, 0.6) is 5.88 Å². The van der Waals surface area contributed by atoms with E-state index in [-0.39, 0.29) is 0 Å². The topological polar surface area (TPSA) is 71.4 Å². The number of anilines is 1. The van der Waals surface area contributed by atoms with Crippen molar-refractivity contribution in [3.05, 3.63) is 23.7 Å². The van der Waals surface area contributed by atoms with Crippen LogP contribution in [0.2, 0.25) is 0 Å². The molecule has 0 atom stereocenters. The van der Waals surface area contributed by atoms with Crippen LogP contribution in [0.25, 0.3) is 11.3 Å². The minimum Gasteiger partial charge on any atom is -0.474 e. The van der Waals surface area contributed by atoms with Crippen molar-refractivity contribution in [1.29, 1.82) is 0 Å². The highest BCUT2D eigenvalue weighted by molar-refractivity contribution is 7.14. The van der Waals surface area contributed by atoms with Gasteiger partial charge in [0.15, 0.2) is 11.1 Å². The van der Waals surface area contributed by atoms with Gasteiger partial charge in [-0.15, -0.1) is 11.3 Å². The summed E-state index contributed by atoms with van der Waals surface area (Å²) in [4.78, 5) is 13.4. The maximum Gasteiger partial charge on any atom is 0.223 e. The first kappa shape index (κ1) is 14.4. The molecule has 0 aromatic carbocycles. The second-order valence-corrected chi connectivity index (χ2v) is 6.56. The molecule has 3 heterocycles. The molecule has 0 spiro atoms. The molecule has 0 radical (unpaired) electrons. The van der Waals surface area contributed by atoms with E-state index in [1.165, 1.54) is 6.42 Å². The van der Waals surface area contributed by atoms with Crippen molar-refractivity contribution in [1.82, 2.24) is 15.3 Å². The number of hydrogen-bond acceptors (Lipinski definition) is 7. The lowest BCUT2D eigenvalue weighted by atomic mass is 9.96. The number of ether oxygens (including phenoxy) is 1. The first-order valence-electron chi connectivity index (χ1n) is 8.01. The second-order valence-electron chi connectivity index (χ2n) is 5.70. The minimum atomic E-state index is 0.306. The number of aromatic nitrogens is 2. The summed E-state index contributed by atoms with van der Waals surface area (Å²) in [5.41, 5.74) is 1.83. The molecule has 1 aliphatic carbocycles. The van der Waals surface area contributed by atoms with Gasteiger partial charge in [0, 0.05) is 24.7 Å². The molecule has 7 heteroatoms. The molecule has 2 aliphatic rings. The van der Waals surface area contributed by atoms with Crippen molar-refractivity contribution >= 4 is 22.4 Å². The van der Waals surface area contributed by atoms with E-state index in [0.717, 1.165) is 54.7 Å². The number of thiazole rings is 1. The summed E-state index contributed by atoms with van der Waals surface area (Å²) in [6.45, 7) is 1.81. The average molecular weight is 329 g/mol. The van der Waals surface area contributed by atoms with Crippen molar-refractivity contribution in [2.45, 2.75) is 31.8 Å². The molecule has 0 bridgehead atoms. The van der Waals surface area contributed by atoms with Gasteiger partial charge in [0.05, 0.1) is 11.3 Å².